The molecule has 6 atom stereocenters. The summed E-state index contributed by atoms with van der Waals surface area (Å²) >= 11 is 0. The van der Waals surface area contributed by atoms with Crippen LogP contribution in [-0.2, 0) is 11.2 Å². The van der Waals surface area contributed by atoms with Crippen LogP contribution in [0.3, 0.4) is 0 Å². The van der Waals surface area contributed by atoms with Crippen molar-refractivity contribution in [2.45, 2.75) is 135 Å². The first-order valence-electron chi connectivity index (χ1n) is 16.1. The topological polar surface area (TPSA) is 60.8 Å². The molecule has 2 fully saturated rings. The van der Waals surface area contributed by atoms with Crippen molar-refractivity contribution in [3.63, 3.8) is 0 Å². The highest BCUT2D eigenvalue weighted by atomic mass is 16.3. The summed E-state index contributed by atoms with van der Waals surface area (Å²) in [5.74, 6) is 3.33. The molecule has 2 N–H and O–H groups in total. The van der Waals surface area contributed by atoms with Gasteiger partial charge in [0.15, 0.2) is 0 Å². The molecule has 38 heavy (non-hydrogen) atoms. The number of rotatable bonds is 14. The molecule has 4 nitrogen and oxygen atoms in total. The van der Waals surface area contributed by atoms with E-state index in [2.05, 4.69) is 19.9 Å². The average Bonchev–Trinajstić information content (AvgIpc) is 3.21. The largest absolute Gasteiger partial charge is 0.508 e. The number of carbonyl (C=O) groups excluding carboxylic acids is 1. The van der Waals surface area contributed by atoms with E-state index in [0.29, 0.717) is 41.7 Å². The number of benzene rings is 1. The van der Waals surface area contributed by atoms with Gasteiger partial charge in [0.05, 0.1) is 6.10 Å². The van der Waals surface area contributed by atoms with Crippen molar-refractivity contribution in [2.24, 2.45) is 23.2 Å². The Labute approximate surface area is 232 Å². The number of fused-ring (bicyclic) bond motifs is 5. The van der Waals surface area contributed by atoms with Crippen LogP contribution in [-0.4, -0.2) is 40.7 Å². The number of phenolic OH excluding ortho intramolecular Hbond substituents is 1. The zero-order valence-electron chi connectivity index (χ0n) is 24.6. The Bertz CT molecular complexity index is 900. The van der Waals surface area contributed by atoms with Crippen molar-refractivity contribution < 1.29 is 15.0 Å². The molecule has 4 rings (SSSR count). The summed E-state index contributed by atoms with van der Waals surface area (Å²) in [6.45, 7) is 5.44. The van der Waals surface area contributed by atoms with E-state index in [1.54, 1.807) is 0 Å². The molecule has 0 saturated heterocycles. The third kappa shape index (κ3) is 6.77. The highest BCUT2D eigenvalue weighted by molar-refractivity contribution is 5.75. The van der Waals surface area contributed by atoms with Crippen LogP contribution in [0.5, 0.6) is 5.75 Å². The zero-order chi connectivity index (χ0) is 27.1. The van der Waals surface area contributed by atoms with Crippen LogP contribution in [0, 0.1) is 23.2 Å². The van der Waals surface area contributed by atoms with Gasteiger partial charge in [0.2, 0.25) is 5.91 Å². The molecule has 0 aliphatic heterocycles. The van der Waals surface area contributed by atoms with Gasteiger partial charge in [-0.15, -0.1) is 0 Å². The third-order valence-electron chi connectivity index (χ3n) is 10.8. The minimum Gasteiger partial charge on any atom is -0.508 e. The van der Waals surface area contributed by atoms with Crippen molar-refractivity contribution in [1.29, 1.82) is 0 Å². The molecule has 3 aliphatic carbocycles. The summed E-state index contributed by atoms with van der Waals surface area (Å²) < 4.78 is 0. The fourth-order valence-corrected chi connectivity index (χ4v) is 8.49. The van der Waals surface area contributed by atoms with Crippen LogP contribution < -0.4 is 0 Å². The molecule has 0 radical (unpaired) electrons. The normalized spacial score (nSPS) is 29.9. The molecule has 1 amide bonds. The van der Waals surface area contributed by atoms with E-state index in [4.69, 9.17) is 0 Å². The second-order valence-electron chi connectivity index (χ2n) is 13.3. The van der Waals surface area contributed by atoms with Gasteiger partial charge in [0.1, 0.15) is 5.75 Å². The van der Waals surface area contributed by atoms with Gasteiger partial charge in [0.25, 0.3) is 0 Å². The SMILES string of the molecule is CCCCN(C)C(=O)CCCCCCCCCC[C@@H]1Cc2cc(O)ccc2[C@H]2CC[C@]3(C)[C@@H](O)CC[C@H]3C12. The fraction of sp³-hybridized carbons (Fsp3) is 0.794. The Kier molecular flexibility index (Phi) is 10.6. The highest BCUT2D eigenvalue weighted by Gasteiger charge is 2.56. The van der Waals surface area contributed by atoms with Crippen LogP contribution >= 0.6 is 0 Å². The number of carbonyl (C=O) groups is 1. The Morgan fingerprint density at radius 2 is 1.71 bits per heavy atom. The van der Waals surface area contributed by atoms with Crippen LogP contribution in [0.2, 0.25) is 0 Å². The minimum atomic E-state index is -0.129. The number of unbranched alkanes of at least 4 members (excludes halogenated alkanes) is 8. The predicted molar refractivity (Wildman–Crippen MR) is 156 cm³/mol. The van der Waals surface area contributed by atoms with E-state index < -0.39 is 0 Å². The maximum absolute atomic E-state index is 12.2. The number of nitrogens with zero attached hydrogens (tertiary/aromatic N) is 1. The maximum atomic E-state index is 12.2. The monoisotopic (exact) mass is 525 g/mol. The van der Waals surface area contributed by atoms with Crippen molar-refractivity contribution in [1.82, 2.24) is 4.90 Å². The van der Waals surface area contributed by atoms with Crippen molar-refractivity contribution in [3.8, 4) is 5.75 Å². The Morgan fingerprint density at radius 3 is 2.45 bits per heavy atom. The number of aromatic hydroxyl groups is 1. The second-order valence-corrected chi connectivity index (χ2v) is 13.3. The van der Waals surface area contributed by atoms with Gasteiger partial charge in [-0.1, -0.05) is 71.3 Å². The molecule has 214 valence electrons. The molecule has 0 spiro atoms. The van der Waals surface area contributed by atoms with Crippen LogP contribution in [0.4, 0.5) is 0 Å². The number of hydrogen-bond donors (Lipinski definition) is 2. The molecule has 3 aliphatic rings. The summed E-state index contributed by atoms with van der Waals surface area (Å²) in [5.41, 5.74) is 2.97. The lowest BCUT2D eigenvalue weighted by Crippen LogP contribution is -2.47. The minimum absolute atomic E-state index is 0.101. The number of phenols is 1. The molecular formula is C34H55NO3. The van der Waals surface area contributed by atoms with Gasteiger partial charge in [0, 0.05) is 20.0 Å². The van der Waals surface area contributed by atoms with Crippen molar-refractivity contribution >= 4 is 5.91 Å². The molecule has 1 unspecified atom stereocenters. The summed E-state index contributed by atoms with van der Waals surface area (Å²) in [7, 11) is 1.94. The van der Waals surface area contributed by atoms with Gasteiger partial charge >= 0.3 is 0 Å². The standard InChI is InChI=1S/C34H55NO3/c1-4-5-22-35(3)32(38)15-13-11-9-7-6-8-10-12-14-25-23-26-24-27(36)16-17-28(26)29-20-21-34(2)30(33(25)29)18-19-31(34)37/h16-17,24-25,29-31,33,36-37H,4-15,18-23H2,1-3H3/t25-,29-,30+,31+,33?,34+/m1/s1. The van der Waals surface area contributed by atoms with E-state index in [1.807, 2.05) is 24.1 Å². The van der Waals surface area contributed by atoms with Gasteiger partial charge in [-0.25, -0.2) is 0 Å². The number of aliphatic hydroxyl groups excluding tert-OH is 1. The lowest BCUT2D eigenvalue weighted by molar-refractivity contribution is -0.130. The summed E-state index contributed by atoms with van der Waals surface area (Å²) in [5, 5.41) is 21.1. The lowest BCUT2D eigenvalue weighted by atomic mass is 9.52. The fourth-order valence-electron chi connectivity index (χ4n) is 8.49. The van der Waals surface area contributed by atoms with Gasteiger partial charge in [-0.3, -0.25) is 4.79 Å². The van der Waals surface area contributed by atoms with E-state index in [1.165, 1.54) is 75.3 Å². The first-order valence-corrected chi connectivity index (χ1v) is 16.1. The summed E-state index contributed by atoms with van der Waals surface area (Å²) in [4.78, 5) is 14.1. The summed E-state index contributed by atoms with van der Waals surface area (Å²) in [6.07, 6.45) is 19.7. The van der Waals surface area contributed by atoms with E-state index in [-0.39, 0.29) is 11.5 Å². The highest BCUT2D eigenvalue weighted by Crippen LogP contribution is 2.62. The molecular weight excluding hydrogens is 470 g/mol. The molecule has 2 saturated carbocycles. The maximum Gasteiger partial charge on any atom is 0.222 e. The predicted octanol–water partition coefficient (Wildman–Crippen LogP) is 7.99. The van der Waals surface area contributed by atoms with Crippen LogP contribution in [0.15, 0.2) is 18.2 Å². The van der Waals surface area contributed by atoms with Gasteiger partial charge < -0.3 is 15.1 Å². The number of hydrogen-bond acceptors (Lipinski definition) is 3. The lowest BCUT2D eigenvalue weighted by Gasteiger charge is -2.53. The van der Waals surface area contributed by atoms with Gasteiger partial charge in [-0.2, -0.15) is 0 Å². The molecule has 0 aromatic heterocycles. The number of aliphatic hydroxyl groups is 1. The van der Waals surface area contributed by atoms with Crippen LogP contribution in [0.25, 0.3) is 0 Å². The second kappa shape index (κ2) is 13.7. The molecule has 0 bridgehead atoms. The van der Waals surface area contributed by atoms with Crippen LogP contribution in [0.1, 0.15) is 134 Å². The average molecular weight is 526 g/mol. The molecule has 1 aromatic rings. The summed E-state index contributed by atoms with van der Waals surface area (Å²) in [6, 6.07) is 6.12. The Balaban J connectivity index is 1.19. The first-order chi connectivity index (χ1) is 18.3. The molecule has 4 heteroatoms. The quantitative estimate of drug-likeness (QED) is 0.242. The molecule has 1 aromatic carbocycles. The van der Waals surface area contributed by atoms with E-state index >= 15 is 0 Å². The zero-order valence-corrected chi connectivity index (χ0v) is 24.6. The third-order valence-corrected chi connectivity index (χ3v) is 10.8. The van der Waals surface area contributed by atoms with E-state index in [0.717, 1.165) is 45.1 Å². The first kappa shape index (κ1) is 29.4. The van der Waals surface area contributed by atoms with Crippen molar-refractivity contribution in [2.75, 3.05) is 13.6 Å². The van der Waals surface area contributed by atoms with Crippen molar-refractivity contribution in [3.05, 3.63) is 29.3 Å². The number of amides is 1. The van der Waals surface area contributed by atoms with Gasteiger partial charge in [-0.05, 0) is 104 Å². The molecule has 0 heterocycles. The van der Waals surface area contributed by atoms with E-state index in [9.17, 15) is 15.0 Å². The smallest absolute Gasteiger partial charge is 0.222 e. The Hall–Kier alpha value is -1.55. The Morgan fingerprint density at radius 1 is 1.00 bits per heavy atom.